The van der Waals surface area contributed by atoms with E-state index in [0.29, 0.717) is 21.6 Å². The molecule has 0 radical (unpaired) electrons. The molecule has 0 saturated heterocycles. The molecule has 0 spiro atoms. The molecule has 1 aromatic carbocycles. The minimum atomic E-state index is -0.428. The van der Waals surface area contributed by atoms with Gasteiger partial charge < -0.3 is 5.32 Å². The predicted molar refractivity (Wildman–Crippen MR) is 74.8 cm³/mol. The molecule has 1 aromatic heterocycles. The number of amides is 1. The molecule has 2 rings (SSSR count). The monoisotopic (exact) mass is 298 g/mol. The fraction of sp³-hybridized carbons (Fsp3) is 0.250. The molecule has 0 atom stereocenters. The summed E-state index contributed by atoms with van der Waals surface area (Å²) in [5, 5.41) is 10.1. The van der Waals surface area contributed by atoms with Crippen LogP contribution >= 0.6 is 23.2 Å². The van der Waals surface area contributed by atoms with Crippen molar-refractivity contribution in [2.45, 2.75) is 19.8 Å². The Hall–Kier alpha value is -1.59. The quantitative estimate of drug-likeness (QED) is 0.909. The summed E-state index contributed by atoms with van der Waals surface area (Å²) in [5.74, 6) is 0.340. The number of nitrogens with zero attached hydrogens (tertiary/aromatic N) is 2. The van der Waals surface area contributed by atoms with Crippen molar-refractivity contribution in [2.24, 2.45) is 0 Å². The molecule has 2 N–H and O–H groups in total. The van der Waals surface area contributed by atoms with Crippen LogP contribution in [-0.2, 0) is 6.42 Å². The molecular formula is C12H12Cl2N4O. The lowest BCUT2D eigenvalue weighted by atomic mass is 10.3. The summed E-state index contributed by atoms with van der Waals surface area (Å²) in [6.07, 6.45) is 1.68. The molecule has 1 heterocycles. The van der Waals surface area contributed by atoms with Crippen LogP contribution in [0.3, 0.4) is 0 Å². The topological polar surface area (TPSA) is 70.7 Å². The minimum absolute atomic E-state index is 0.0829. The van der Waals surface area contributed by atoms with Crippen molar-refractivity contribution in [1.82, 2.24) is 15.2 Å². The summed E-state index contributed by atoms with van der Waals surface area (Å²) in [6, 6.07) is 4.83. The van der Waals surface area contributed by atoms with Gasteiger partial charge in [0.25, 0.3) is 5.91 Å². The number of anilines is 1. The van der Waals surface area contributed by atoms with E-state index in [9.17, 15) is 4.79 Å². The summed E-state index contributed by atoms with van der Waals surface area (Å²) in [4.78, 5) is 16.0. The molecule has 0 aliphatic rings. The summed E-state index contributed by atoms with van der Waals surface area (Å²) in [7, 11) is 0. The first-order valence-electron chi connectivity index (χ1n) is 5.78. The minimum Gasteiger partial charge on any atom is -0.318 e. The largest absolute Gasteiger partial charge is 0.318 e. The lowest BCUT2D eigenvalue weighted by Gasteiger charge is -2.05. The van der Waals surface area contributed by atoms with Gasteiger partial charge in [-0.2, -0.15) is 0 Å². The Morgan fingerprint density at radius 2 is 2.21 bits per heavy atom. The molecule has 0 unspecified atom stereocenters. The van der Waals surface area contributed by atoms with Crippen molar-refractivity contribution in [3.05, 3.63) is 39.9 Å². The highest BCUT2D eigenvalue weighted by Crippen LogP contribution is 2.25. The third-order valence-electron chi connectivity index (χ3n) is 2.40. The summed E-state index contributed by atoms with van der Waals surface area (Å²) in [6.45, 7) is 2.02. The maximum atomic E-state index is 11.9. The van der Waals surface area contributed by atoms with Crippen LogP contribution in [0.15, 0.2) is 18.2 Å². The molecule has 0 fully saturated rings. The van der Waals surface area contributed by atoms with Crippen LogP contribution in [0.2, 0.25) is 10.0 Å². The van der Waals surface area contributed by atoms with Crippen molar-refractivity contribution < 1.29 is 4.79 Å². The maximum absolute atomic E-state index is 11.9. The second-order valence-electron chi connectivity index (χ2n) is 3.93. The highest BCUT2D eigenvalue weighted by atomic mass is 35.5. The van der Waals surface area contributed by atoms with E-state index < -0.39 is 5.91 Å². The third kappa shape index (κ3) is 3.45. The van der Waals surface area contributed by atoms with E-state index in [-0.39, 0.29) is 5.82 Å². The number of aromatic nitrogens is 3. The van der Waals surface area contributed by atoms with E-state index in [1.165, 1.54) is 0 Å². The lowest BCUT2D eigenvalue weighted by molar-refractivity contribution is 0.101. The van der Waals surface area contributed by atoms with Gasteiger partial charge in [0.05, 0.1) is 10.7 Å². The normalized spacial score (nSPS) is 10.5. The SMILES string of the molecule is CCCc1nc(C(=O)Nc2cc(Cl)ccc2Cl)n[nH]1. The number of hydrogen-bond acceptors (Lipinski definition) is 3. The Balaban J connectivity index is 2.13. The summed E-state index contributed by atoms with van der Waals surface area (Å²) < 4.78 is 0. The first kappa shape index (κ1) is 13.8. The van der Waals surface area contributed by atoms with E-state index >= 15 is 0 Å². The van der Waals surface area contributed by atoms with Crippen molar-refractivity contribution in [1.29, 1.82) is 0 Å². The number of aromatic amines is 1. The average molecular weight is 299 g/mol. The van der Waals surface area contributed by atoms with Crippen molar-refractivity contribution >= 4 is 34.8 Å². The maximum Gasteiger partial charge on any atom is 0.295 e. The van der Waals surface area contributed by atoms with Crippen LogP contribution in [0.1, 0.15) is 29.8 Å². The Kier molecular flexibility index (Phi) is 4.39. The number of carbonyl (C=O) groups excluding carboxylic acids is 1. The van der Waals surface area contributed by atoms with Gasteiger partial charge >= 0.3 is 0 Å². The first-order chi connectivity index (χ1) is 9.10. The molecule has 5 nitrogen and oxygen atoms in total. The average Bonchev–Trinajstić information content (AvgIpc) is 2.83. The second kappa shape index (κ2) is 6.04. The van der Waals surface area contributed by atoms with Crippen LogP contribution in [0.25, 0.3) is 0 Å². The van der Waals surface area contributed by atoms with Crippen molar-refractivity contribution in [3.8, 4) is 0 Å². The van der Waals surface area contributed by atoms with E-state index in [1.807, 2.05) is 6.92 Å². The van der Waals surface area contributed by atoms with E-state index in [0.717, 1.165) is 12.8 Å². The van der Waals surface area contributed by atoms with Crippen molar-refractivity contribution in [2.75, 3.05) is 5.32 Å². The third-order valence-corrected chi connectivity index (χ3v) is 2.96. The van der Waals surface area contributed by atoms with Crippen LogP contribution < -0.4 is 5.32 Å². The van der Waals surface area contributed by atoms with Gasteiger partial charge in [-0.1, -0.05) is 30.1 Å². The van der Waals surface area contributed by atoms with Gasteiger partial charge in [-0.3, -0.25) is 9.89 Å². The molecule has 19 heavy (non-hydrogen) atoms. The number of nitrogens with one attached hydrogen (secondary N) is 2. The Labute approximate surface area is 120 Å². The number of carbonyl (C=O) groups is 1. The van der Waals surface area contributed by atoms with Gasteiger partial charge in [0.15, 0.2) is 0 Å². The fourth-order valence-electron chi connectivity index (χ4n) is 1.52. The zero-order valence-corrected chi connectivity index (χ0v) is 11.7. The van der Waals surface area contributed by atoms with Gasteiger partial charge in [-0.15, -0.1) is 5.10 Å². The number of H-pyrrole nitrogens is 1. The number of rotatable bonds is 4. The zero-order valence-electron chi connectivity index (χ0n) is 10.2. The second-order valence-corrected chi connectivity index (χ2v) is 4.78. The Morgan fingerprint density at radius 3 is 2.95 bits per heavy atom. The zero-order chi connectivity index (χ0) is 13.8. The van der Waals surface area contributed by atoms with Gasteiger partial charge in [0, 0.05) is 11.4 Å². The molecule has 0 aliphatic carbocycles. The van der Waals surface area contributed by atoms with Gasteiger partial charge in [0.2, 0.25) is 5.82 Å². The Bertz CT molecular complexity index is 597. The molecule has 0 bridgehead atoms. The van der Waals surface area contributed by atoms with Gasteiger partial charge in [-0.05, 0) is 24.6 Å². The van der Waals surface area contributed by atoms with E-state index in [1.54, 1.807) is 18.2 Å². The van der Waals surface area contributed by atoms with E-state index in [2.05, 4.69) is 20.5 Å². The van der Waals surface area contributed by atoms with Gasteiger partial charge in [-0.25, -0.2) is 4.98 Å². The van der Waals surface area contributed by atoms with E-state index in [4.69, 9.17) is 23.2 Å². The van der Waals surface area contributed by atoms with Crippen LogP contribution in [0.5, 0.6) is 0 Å². The summed E-state index contributed by atoms with van der Waals surface area (Å²) >= 11 is 11.8. The number of benzene rings is 1. The Morgan fingerprint density at radius 1 is 1.42 bits per heavy atom. The van der Waals surface area contributed by atoms with Crippen molar-refractivity contribution in [3.63, 3.8) is 0 Å². The predicted octanol–water partition coefficient (Wildman–Crippen LogP) is 3.32. The van der Waals surface area contributed by atoms with Gasteiger partial charge in [0.1, 0.15) is 5.82 Å². The molecule has 7 heteroatoms. The smallest absolute Gasteiger partial charge is 0.295 e. The number of halogens is 2. The number of hydrogen-bond donors (Lipinski definition) is 2. The molecular weight excluding hydrogens is 287 g/mol. The molecule has 100 valence electrons. The van der Waals surface area contributed by atoms with Crippen LogP contribution in [-0.4, -0.2) is 21.1 Å². The van der Waals surface area contributed by atoms with Crippen LogP contribution in [0, 0.1) is 0 Å². The van der Waals surface area contributed by atoms with Crippen LogP contribution in [0.4, 0.5) is 5.69 Å². The molecule has 0 aliphatic heterocycles. The number of aryl methyl sites for hydroxylation is 1. The first-order valence-corrected chi connectivity index (χ1v) is 6.53. The molecule has 0 saturated carbocycles. The highest BCUT2D eigenvalue weighted by molar-refractivity contribution is 6.35. The molecule has 1 amide bonds. The molecule has 2 aromatic rings. The highest BCUT2D eigenvalue weighted by Gasteiger charge is 2.14. The summed E-state index contributed by atoms with van der Waals surface area (Å²) in [5.41, 5.74) is 0.431. The lowest BCUT2D eigenvalue weighted by Crippen LogP contribution is -2.14. The standard InChI is InChI=1S/C12H12Cl2N4O/c1-2-3-10-16-11(18-17-10)12(19)15-9-6-7(13)4-5-8(9)14/h4-6H,2-3H2,1H3,(H,15,19)(H,16,17,18). The fourth-order valence-corrected chi connectivity index (χ4v) is 1.85.